The van der Waals surface area contributed by atoms with Crippen LogP contribution in [0.5, 0.6) is 0 Å². The van der Waals surface area contributed by atoms with Crippen molar-refractivity contribution in [1.29, 1.82) is 0 Å². The Balaban J connectivity index is 1.48. The lowest BCUT2D eigenvalue weighted by atomic mass is 9.86. The van der Waals surface area contributed by atoms with Gasteiger partial charge in [0, 0.05) is 62.4 Å². The highest BCUT2D eigenvalue weighted by atomic mass is 19.1. The van der Waals surface area contributed by atoms with Crippen LogP contribution in [0.2, 0.25) is 0 Å². The number of carbonyl (C=O) groups excluding carboxylic acids is 1. The Hall–Kier alpha value is -2.74. The number of aryl methyl sites for hydroxylation is 1. The minimum absolute atomic E-state index is 0.00795. The van der Waals surface area contributed by atoms with E-state index in [2.05, 4.69) is 39.0 Å². The molecule has 8 heteroatoms. The third-order valence-electron chi connectivity index (χ3n) is 5.64. The van der Waals surface area contributed by atoms with Crippen molar-refractivity contribution >= 4 is 16.7 Å². The molecule has 4 rings (SSSR count). The van der Waals surface area contributed by atoms with E-state index in [-0.39, 0.29) is 25.0 Å². The molecule has 0 radical (unpaired) electrons. The minimum Gasteiger partial charge on any atom is -0.303 e. The molecule has 4 heterocycles. The second-order valence-corrected chi connectivity index (χ2v) is 8.63. The summed E-state index contributed by atoms with van der Waals surface area (Å²) in [6.07, 6.45) is 5.67. The van der Waals surface area contributed by atoms with E-state index in [1.807, 2.05) is 18.3 Å². The van der Waals surface area contributed by atoms with E-state index in [1.54, 1.807) is 24.1 Å². The van der Waals surface area contributed by atoms with Crippen molar-refractivity contribution in [2.75, 3.05) is 19.6 Å². The zero-order valence-corrected chi connectivity index (χ0v) is 17.7. The molecule has 1 saturated heterocycles. The molecule has 0 aliphatic carbocycles. The average molecular weight is 410 g/mol. The Bertz CT molecular complexity index is 1050. The fourth-order valence-corrected chi connectivity index (χ4v) is 4.00. The molecule has 0 unspecified atom stereocenters. The van der Waals surface area contributed by atoms with Gasteiger partial charge in [0.15, 0.2) is 11.5 Å². The fourth-order valence-electron chi connectivity index (χ4n) is 4.00. The van der Waals surface area contributed by atoms with Crippen molar-refractivity contribution in [1.82, 2.24) is 29.9 Å². The number of nitrogens with zero attached hydrogens (tertiary/aromatic N) is 6. The number of hydrogen-bond donors (Lipinski definition) is 0. The van der Waals surface area contributed by atoms with Crippen LogP contribution in [0.4, 0.5) is 4.39 Å². The number of aromatic nitrogens is 5. The molecular formula is C22H27FN6O. The normalized spacial score (nSPS) is 17.0. The highest BCUT2D eigenvalue weighted by Gasteiger charge is 2.41. The van der Waals surface area contributed by atoms with Crippen LogP contribution in [0, 0.1) is 5.92 Å². The maximum absolute atomic E-state index is 15.3. The number of hydrogen-bond acceptors (Lipinski definition) is 6. The summed E-state index contributed by atoms with van der Waals surface area (Å²) in [6.45, 7) is 6.49. The van der Waals surface area contributed by atoms with Gasteiger partial charge in [-0.25, -0.2) is 4.39 Å². The monoisotopic (exact) mass is 410 g/mol. The third-order valence-corrected chi connectivity index (χ3v) is 5.64. The largest absolute Gasteiger partial charge is 0.303 e. The summed E-state index contributed by atoms with van der Waals surface area (Å²) in [7, 11) is 1.80. The standard InChI is InChI=1S/C22H27FN6O/c1-15(2)13-29-6-4-22(23,5-7-29)21(30)10-18-9-16-8-17(11-25-19(16)12-24-18)20-14-28(3)27-26-20/h8-9,11-12,14-15H,4-7,10,13H2,1-3H3. The Kier molecular flexibility index (Phi) is 5.60. The first-order chi connectivity index (χ1) is 14.3. The Morgan fingerprint density at radius 2 is 1.97 bits per heavy atom. The summed E-state index contributed by atoms with van der Waals surface area (Å²) in [5, 5.41) is 8.90. The molecule has 30 heavy (non-hydrogen) atoms. The molecule has 158 valence electrons. The van der Waals surface area contributed by atoms with Gasteiger partial charge in [-0.15, -0.1) is 5.10 Å². The van der Waals surface area contributed by atoms with E-state index in [9.17, 15) is 4.79 Å². The van der Waals surface area contributed by atoms with Crippen LogP contribution in [-0.2, 0) is 18.3 Å². The zero-order valence-electron chi connectivity index (χ0n) is 17.7. The first-order valence-electron chi connectivity index (χ1n) is 10.4. The molecule has 0 atom stereocenters. The Labute approximate surface area is 175 Å². The van der Waals surface area contributed by atoms with Gasteiger partial charge in [0.25, 0.3) is 0 Å². The molecule has 1 aliphatic heterocycles. The highest BCUT2D eigenvalue weighted by molar-refractivity contribution is 5.90. The van der Waals surface area contributed by atoms with Crippen molar-refractivity contribution in [3.05, 3.63) is 36.4 Å². The van der Waals surface area contributed by atoms with Gasteiger partial charge in [-0.1, -0.05) is 19.1 Å². The zero-order chi connectivity index (χ0) is 21.3. The van der Waals surface area contributed by atoms with E-state index < -0.39 is 5.67 Å². The van der Waals surface area contributed by atoms with Crippen molar-refractivity contribution in [2.24, 2.45) is 13.0 Å². The Morgan fingerprint density at radius 1 is 1.20 bits per heavy atom. The molecule has 0 aromatic carbocycles. The van der Waals surface area contributed by atoms with Gasteiger partial charge in [-0.05, 0) is 18.1 Å². The van der Waals surface area contributed by atoms with E-state index in [4.69, 9.17) is 0 Å². The highest BCUT2D eigenvalue weighted by Crippen LogP contribution is 2.29. The van der Waals surface area contributed by atoms with Crippen LogP contribution in [0.15, 0.2) is 30.7 Å². The van der Waals surface area contributed by atoms with Crippen LogP contribution < -0.4 is 0 Å². The molecule has 1 aliphatic rings. The van der Waals surface area contributed by atoms with E-state index in [1.165, 1.54) is 0 Å². The number of rotatable bonds is 6. The molecule has 3 aromatic rings. The van der Waals surface area contributed by atoms with Gasteiger partial charge in [-0.3, -0.25) is 19.4 Å². The smallest absolute Gasteiger partial charge is 0.175 e. The summed E-state index contributed by atoms with van der Waals surface area (Å²) >= 11 is 0. The second kappa shape index (κ2) is 8.18. The summed E-state index contributed by atoms with van der Waals surface area (Å²) in [5.41, 5.74) is 1.07. The topological polar surface area (TPSA) is 76.8 Å². The molecule has 0 amide bonds. The first-order valence-corrected chi connectivity index (χ1v) is 10.4. The van der Waals surface area contributed by atoms with Gasteiger partial charge in [0.1, 0.15) is 5.69 Å². The summed E-state index contributed by atoms with van der Waals surface area (Å²) in [6, 6.07) is 3.76. The first kappa shape index (κ1) is 20.5. The molecule has 0 bridgehead atoms. The quantitative estimate of drug-likeness (QED) is 0.622. The van der Waals surface area contributed by atoms with Crippen LogP contribution >= 0.6 is 0 Å². The van der Waals surface area contributed by atoms with E-state index in [0.29, 0.717) is 24.7 Å². The maximum atomic E-state index is 15.3. The lowest BCUT2D eigenvalue weighted by Gasteiger charge is -2.36. The number of likely N-dealkylation sites (tertiary alicyclic amines) is 1. The number of halogens is 1. The molecule has 0 saturated carbocycles. The van der Waals surface area contributed by atoms with Gasteiger partial charge in [-0.2, -0.15) is 0 Å². The minimum atomic E-state index is -1.76. The predicted octanol–water partition coefficient (Wildman–Crippen LogP) is 3.00. The number of alkyl halides is 1. The lowest BCUT2D eigenvalue weighted by molar-refractivity contribution is -0.133. The van der Waals surface area contributed by atoms with Crippen molar-refractivity contribution < 1.29 is 9.18 Å². The summed E-state index contributed by atoms with van der Waals surface area (Å²) in [4.78, 5) is 23.8. The SMILES string of the molecule is CC(C)CN1CCC(F)(C(=O)Cc2cc3cc(-c4cn(C)nn4)cnc3cn2)CC1. The van der Waals surface area contributed by atoms with Crippen molar-refractivity contribution in [3.63, 3.8) is 0 Å². The summed E-state index contributed by atoms with van der Waals surface area (Å²) < 4.78 is 17.0. The van der Waals surface area contributed by atoms with Gasteiger partial charge in [0.05, 0.1) is 24.3 Å². The predicted molar refractivity (Wildman–Crippen MR) is 113 cm³/mol. The van der Waals surface area contributed by atoms with Crippen molar-refractivity contribution in [3.8, 4) is 11.3 Å². The number of fused-ring (bicyclic) bond motifs is 1. The molecule has 7 nitrogen and oxygen atoms in total. The van der Waals surface area contributed by atoms with E-state index >= 15 is 4.39 Å². The summed E-state index contributed by atoms with van der Waals surface area (Å²) in [5.74, 6) is 0.159. The molecular weight excluding hydrogens is 383 g/mol. The van der Waals surface area contributed by atoms with Gasteiger partial charge < -0.3 is 4.90 Å². The Morgan fingerprint density at radius 3 is 2.63 bits per heavy atom. The van der Waals surface area contributed by atoms with Crippen LogP contribution in [0.1, 0.15) is 32.4 Å². The molecule has 3 aromatic heterocycles. The maximum Gasteiger partial charge on any atom is 0.175 e. The van der Waals surface area contributed by atoms with Crippen molar-refractivity contribution in [2.45, 2.75) is 38.8 Å². The fraction of sp³-hybridized carbons (Fsp3) is 0.500. The van der Waals surface area contributed by atoms with Gasteiger partial charge in [0.2, 0.25) is 0 Å². The molecule has 0 spiro atoms. The number of carbonyl (C=O) groups is 1. The van der Waals surface area contributed by atoms with E-state index in [0.717, 1.165) is 28.7 Å². The lowest BCUT2D eigenvalue weighted by Crippen LogP contribution is -2.47. The number of pyridine rings is 2. The van der Waals surface area contributed by atoms with Crippen LogP contribution in [0.25, 0.3) is 22.2 Å². The number of Topliss-reactive ketones (excluding diaryl/α,β-unsaturated/α-hetero) is 1. The van der Waals surface area contributed by atoms with Crippen LogP contribution in [-0.4, -0.2) is 60.9 Å². The molecule has 0 N–H and O–H groups in total. The molecule has 1 fully saturated rings. The second-order valence-electron chi connectivity index (χ2n) is 8.63. The number of ketones is 1. The third kappa shape index (κ3) is 4.38. The van der Waals surface area contributed by atoms with Gasteiger partial charge >= 0.3 is 0 Å². The van der Waals surface area contributed by atoms with Crippen LogP contribution in [0.3, 0.4) is 0 Å². The average Bonchev–Trinajstić information content (AvgIpc) is 3.15. The number of piperidine rings is 1.